The summed E-state index contributed by atoms with van der Waals surface area (Å²) in [4.78, 5) is 4.02. The van der Waals surface area contributed by atoms with Crippen LogP contribution in [0.2, 0.25) is 0 Å². The number of nitrogens with one attached hydrogen (secondary N) is 1. The summed E-state index contributed by atoms with van der Waals surface area (Å²) in [5, 5.41) is 6.83. The molecule has 0 amide bonds. The molecule has 0 aromatic carbocycles. The number of nitrogens with zero attached hydrogens (tertiary/aromatic N) is 2. The van der Waals surface area contributed by atoms with Crippen LogP contribution in [0.15, 0.2) is 4.52 Å². The lowest BCUT2D eigenvalue weighted by Gasteiger charge is -2.07. The highest BCUT2D eigenvalue weighted by Gasteiger charge is 2.13. The van der Waals surface area contributed by atoms with E-state index < -0.39 is 9.84 Å². The molecule has 0 spiro atoms. The molecule has 0 aliphatic rings. The Labute approximate surface area is 95.3 Å². The van der Waals surface area contributed by atoms with E-state index >= 15 is 0 Å². The Kier molecular flexibility index (Phi) is 4.43. The standard InChI is InChI=1S/C9H17N3O3S/c1-4-10-7(2)5-9-11-8(12-15-9)6-16(3,13)14/h7,10H,4-6H2,1-3H3. The molecule has 1 N–H and O–H groups in total. The average Bonchev–Trinajstić information content (AvgIpc) is 2.49. The van der Waals surface area contributed by atoms with Gasteiger partial charge in [0.2, 0.25) is 5.89 Å². The van der Waals surface area contributed by atoms with Crippen molar-refractivity contribution < 1.29 is 12.9 Å². The predicted octanol–water partition coefficient (Wildman–Crippen LogP) is 0.155. The Bertz CT molecular complexity index is 427. The first-order chi connectivity index (χ1) is 7.40. The van der Waals surface area contributed by atoms with E-state index in [1.807, 2.05) is 13.8 Å². The summed E-state index contributed by atoms with van der Waals surface area (Å²) in [6.07, 6.45) is 1.74. The minimum absolute atomic E-state index is 0.175. The smallest absolute Gasteiger partial charge is 0.228 e. The minimum atomic E-state index is -3.10. The van der Waals surface area contributed by atoms with Crippen LogP contribution in [0, 0.1) is 0 Å². The zero-order valence-electron chi connectivity index (χ0n) is 9.73. The molecule has 7 heteroatoms. The summed E-state index contributed by atoms with van der Waals surface area (Å²) in [6, 6.07) is 0.233. The van der Waals surface area contributed by atoms with Gasteiger partial charge in [-0.05, 0) is 13.5 Å². The van der Waals surface area contributed by atoms with Gasteiger partial charge in [-0.1, -0.05) is 12.1 Å². The second-order valence-electron chi connectivity index (χ2n) is 3.84. The van der Waals surface area contributed by atoms with Crippen molar-refractivity contribution in [3.63, 3.8) is 0 Å². The maximum Gasteiger partial charge on any atom is 0.228 e. The lowest BCUT2D eigenvalue weighted by molar-refractivity contribution is 0.359. The molecule has 1 aromatic heterocycles. The van der Waals surface area contributed by atoms with Crippen LogP contribution < -0.4 is 5.32 Å². The van der Waals surface area contributed by atoms with Crippen molar-refractivity contribution in [3.05, 3.63) is 11.7 Å². The molecule has 0 aliphatic heterocycles. The topological polar surface area (TPSA) is 85.1 Å². The molecular weight excluding hydrogens is 230 g/mol. The molecule has 1 aromatic rings. The van der Waals surface area contributed by atoms with Crippen LogP contribution in [0.3, 0.4) is 0 Å². The van der Waals surface area contributed by atoms with Gasteiger partial charge in [0.15, 0.2) is 15.7 Å². The van der Waals surface area contributed by atoms with Gasteiger partial charge in [-0.25, -0.2) is 8.42 Å². The summed E-state index contributed by atoms with van der Waals surface area (Å²) in [7, 11) is -3.10. The maximum atomic E-state index is 11.0. The molecule has 1 rings (SSSR count). The number of hydrogen-bond acceptors (Lipinski definition) is 6. The summed E-state index contributed by atoms with van der Waals surface area (Å²) in [5.41, 5.74) is 0. The van der Waals surface area contributed by atoms with Crippen LogP contribution in [0.5, 0.6) is 0 Å². The van der Waals surface area contributed by atoms with Gasteiger partial charge in [-0.15, -0.1) is 0 Å². The maximum absolute atomic E-state index is 11.0. The lowest BCUT2D eigenvalue weighted by atomic mass is 10.2. The van der Waals surface area contributed by atoms with E-state index in [2.05, 4.69) is 15.5 Å². The summed E-state index contributed by atoms with van der Waals surface area (Å²) < 4.78 is 27.0. The van der Waals surface area contributed by atoms with Crippen LogP contribution >= 0.6 is 0 Å². The second-order valence-corrected chi connectivity index (χ2v) is 5.98. The van der Waals surface area contributed by atoms with Gasteiger partial charge < -0.3 is 9.84 Å². The van der Waals surface area contributed by atoms with E-state index in [0.717, 1.165) is 12.8 Å². The van der Waals surface area contributed by atoms with Crippen molar-refractivity contribution >= 4 is 9.84 Å². The molecule has 0 fully saturated rings. The molecule has 6 nitrogen and oxygen atoms in total. The number of sulfone groups is 1. The van der Waals surface area contributed by atoms with Crippen molar-refractivity contribution in [1.82, 2.24) is 15.5 Å². The van der Waals surface area contributed by atoms with E-state index in [-0.39, 0.29) is 17.6 Å². The Morgan fingerprint density at radius 1 is 1.50 bits per heavy atom. The third-order valence-corrected chi connectivity index (χ3v) is 2.72. The fourth-order valence-corrected chi connectivity index (χ4v) is 1.94. The molecule has 92 valence electrons. The monoisotopic (exact) mass is 247 g/mol. The van der Waals surface area contributed by atoms with Crippen LogP contribution in [0.25, 0.3) is 0 Å². The number of aromatic nitrogens is 2. The van der Waals surface area contributed by atoms with E-state index in [0.29, 0.717) is 12.3 Å². The number of hydrogen-bond donors (Lipinski definition) is 1. The van der Waals surface area contributed by atoms with Gasteiger partial charge in [0.1, 0.15) is 5.75 Å². The molecule has 1 atom stereocenters. The molecule has 0 saturated carbocycles. The molecule has 1 unspecified atom stereocenters. The van der Waals surface area contributed by atoms with E-state index in [9.17, 15) is 8.42 Å². The zero-order valence-corrected chi connectivity index (χ0v) is 10.5. The van der Waals surface area contributed by atoms with Gasteiger partial charge >= 0.3 is 0 Å². The predicted molar refractivity (Wildman–Crippen MR) is 59.7 cm³/mol. The highest BCUT2D eigenvalue weighted by molar-refractivity contribution is 7.89. The molecule has 0 saturated heterocycles. The van der Waals surface area contributed by atoms with Crippen molar-refractivity contribution in [2.75, 3.05) is 12.8 Å². The quantitative estimate of drug-likeness (QED) is 0.770. The van der Waals surface area contributed by atoms with Crippen molar-refractivity contribution in [2.24, 2.45) is 0 Å². The molecule has 1 heterocycles. The van der Waals surface area contributed by atoms with Gasteiger partial charge in [0, 0.05) is 18.7 Å². The number of likely N-dealkylation sites (N-methyl/N-ethyl adjacent to an activating group) is 1. The summed E-state index contributed by atoms with van der Waals surface area (Å²) in [5.74, 6) is 0.514. The van der Waals surface area contributed by atoms with Gasteiger partial charge in [-0.3, -0.25) is 0 Å². The third-order valence-electron chi connectivity index (χ3n) is 1.93. The Morgan fingerprint density at radius 2 is 2.19 bits per heavy atom. The van der Waals surface area contributed by atoms with Crippen molar-refractivity contribution in [3.8, 4) is 0 Å². The van der Waals surface area contributed by atoms with Crippen LogP contribution in [0.1, 0.15) is 25.6 Å². The lowest BCUT2D eigenvalue weighted by Crippen LogP contribution is -2.27. The van der Waals surface area contributed by atoms with Gasteiger partial charge in [0.05, 0.1) is 0 Å². The normalized spacial score (nSPS) is 13.9. The van der Waals surface area contributed by atoms with E-state index in [4.69, 9.17) is 4.52 Å². The zero-order chi connectivity index (χ0) is 12.2. The molecule has 0 bridgehead atoms. The van der Waals surface area contributed by atoms with Crippen LogP contribution in [-0.4, -0.2) is 37.4 Å². The first-order valence-electron chi connectivity index (χ1n) is 5.13. The Balaban J connectivity index is 2.58. The highest BCUT2D eigenvalue weighted by Crippen LogP contribution is 2.04. The number of rotatable bonds is 6. The van der Waals surface area contributed by atoms with Gasteiger partial charge in [0.25, 0.3) is 0 Å². The van der Waals surface area contributed by atoms with Gasteiger partial charge in [-0.2, -0.15) is 4.98 Å². The molecule has 0 radical (unpaired) electrons. The SMILES string of the molecule is CCNC(C)Cc1nc(CS(C)(=O)=O)no1. The fraction of sp³-hybridized carbons (Fsp3) is 0.778. The minimum Gasteiger partial charge on any atom is -0.339 e. The first-order valence-corrected chi connectivity index (χ1v) is 7.19. The van der Waals surface area contributed by atoms with E-state index in [1.165, 1.54) is 0 Å². The fourth-order valence-electron chi connectivity index (χ4n) is 1.35. The molecule has 0 aliphatic carbocycles. The Morgan fingerprint density at radius 3 is 2.75 bits per heavy atom. The molecular formula is C9H17N3O3S. The highest BCUT2D eigenvalue weighted by atomic mass is 32.2. The summed E-state index contributed by atoms with van der Waals surface area (Å²) >= 11 is 0. The Hall–Kier alpha value is -0.950. The largest absolute Gasteiger partial charge is 0.339 e. The van der Waals surface area contributed by atoms with Crippen molar-refractivity contribution in [1.29, 1.82) is 0 Å². The molecule has 16 heavy (non-hydrogen) atoms. The first kappa shape index (κ1) is 13.1. The van der Waals surface area contributed by atoms with Crippen molar-refractivity contribution in [2.45, 2.75) is 32.1 Å². The average molecular weight is 247 g/mol. The van der Waals surface area contributed by atoms with E-state index in [1.54, 1.807) is 0 Å². The van der Waals surface area contributed by atoms with Crippen LogP contribution in [0.4, 0.5) is 0 Å². The summed E-state index contributed by atoms with van der Waals surface area (Å²) in [6.45, 7) is 4.88. The van der Waals surface area contributed by atoms with Crippen LogP contribution in [-0.2, 0) is 22.0 Å². The third kappa shape index (κ3) is 4.71. The second kappa shape index (κ2) is 5.40.